The number of fused-ring (bicyclic) bond motifs is 2. The van der Waals surface area contributed by atoms with Crippen molar-refractivity contribution in [3.63, 3.8) is 0 Å². The molecule has 120 valence electrons. The Morgan fingerprint density at radius 3 is 2.64 bits per heavy atom. The van der Waals surface area contributed by atoms with E-state index in [9.17, 15) is 0 Å². The number of ether oxygens (including phenoxy) is 1. The van der Waals surface area contributed by atoms with Gasteiger partial charge in [0.2, 0.25) is 0 Å². The Balaban J connectivity index is 1.76. The second-order valence-electron chi connectivity index (χ2n) is 6.41. The minimum atomic E-state index is 0.448. The summed E-state index contributed by atoms with van der Waals surface area (Å²) in [6, 6.07) is 4.57. The molecule has 0 aliphatic carbocycles. The van der Waals surface area contributed by atoms with Gasteiger partial charge in [-0.2, -0.15) is 0 Å². The summed E-state index contributed by atoms with van der Waals surface area (Å²) in [5.74, 6) is 1.61. The number of nitrogens with two attached hydrogens (primary N) is 1. The van der Waals surface area contributed by atoms with E-state index < -0.39 is 0 Å². The molecule has 0 radical (unpaired) electrons. The Bertz CT molecular complexity index is 662. The summed E-state index contributed by atoms with van der Waals surface area (Å²) in [6.45, 7) is 9.32. The normalized spacial score (nSPS) is 15.1. The standard InChI is InChI=1S/C17H26N4O/c1-12(2)17-19-15-8-13-10-21(5-7-22-6-4-18)11-14(13)9-16(15)20(17)3/h8-9,12H,4-7,10-11,18H2,1-3H3. The van der Waals surface area contributed by atoms with E-state index in [1.807, 2.05) is 0 Å². The van der Waals surface area contributed by atoms with Gasteiger partial charge in [0, 0.05) is 39.1 Å². The van der Waals surface area contributed by atoms with Gasteiger partial charge in [0.25, 0.3) is 0 Å². The summed E-state index contributed by atoms with van der Waals surface area (Å²) in [5, 5.41) is 0. The minimum Gasteiger partial charge on any atom is -0.379 e. The summed E-state index contributed by atoms with van der Waals surface area (Å²) >= 11 is 0. The van der Waals surface area contributed by atoms with Gasteiger partial charge >= 0.3 is 0 Å². The van der Waals surface area contributed by atoms with Crippen molar-refractivity contribution < 1.29 is 4.74 Å². The lowest BCUT2D eigenvalue weighted by Crippen LogP contribution is -2.23. The van der Waals surface area contributed by atoms with Crippen molar-refractivity contribution in [3.05, 3.63) is 29.1 Å². The van der Waals surface area contributed by atoms with Crippen molar-refractivity contribution in [3.8, 4) is 0 Å². The molecule has 1 aromatic carbocycles. The maximum atomic E-state index is 5.48. The van der Waals surface area contributed by atoms with Crippen molar-refractivity contribution in [2.75, 3.05) is 26.3 Å². The summed E-state index contributed by atoms with van der Waals surface area (Å²) in [6.07, 6.45) is 0. The molecule has 0 unspecified atom stereocenters. The Hall–Kier alpha value is -1.43. The van der Waals surface area contributed by atoms with Crippen LogP contribution in [0.5, 0.6) is 0 Å². The van der Waals surface area contributed by atoms with Gasteiger partial charge in [0.1, 0.15) is 5.82 Å². The Morgan fingerprint density at radius 2 is 1.95 bits per heavy atom. The van der Waals surface area contributed by atoms with E-state index in [4.69, 9.17) is 15.5 Å². The Kier molecular flexibility index (Phi) is 4.47. The van der Waals surface area contributed by atoms with E-state index in [1.54, 1.807) is 0 Å². The van der Waals surface area contributed by atoms with Gasteiger partial charge in [-0.05, 0) is 23.3 Å². The first-order chi connectivity index (χ1) is 10.6. The molecule has 1 aromatic heterocycles. The molecule has 5 heteroatoms. The van der Waals surface area contributed by atoms with Crippen LogP contribution in [0.15, 0.2) is 12.1 Å². The number of hydrogen-bond donors (Lipinski definition) is 1. The molecule has 0 saturated heterocycles. The van der Waals surface area contributed by atoms with E-state index in [0.29, 0.717) is 19.1 Å². The van der Waals surface area contributed by atoms with Crippen molar-refractivity contribution in [1.82, 2.24) is 14.5 Å². The maximum Gasteiger partial charge on any atom is 0.112 e. The molecule has 0 amide bonds. The van der Waals surface area contributed by atoms with E-state index in [-0.39, 0.29) is 0 Å². The van der Waals surface area contributed by atoms with Crippen molar-refractivity contribution in [2.24, 2.45) is 12.8 Å². The number of aromatic nitrogens is 2. The number of benzene rings is 1. The fraction of sp³-hybridized carbons (Fsp3) is 0.588. The predicted molar refractivity (Wildman–Crippen MR) is 88.8 cm³/mol. The monoisotopic (exact) mass is 302 g/mol. The highest BCUT2D eigenvalue weighted by molar-refractivity contribution is 5.78. The van der Waals surface area contributed by atoms with Gasteiger partial charge in [-0.3, -0.25) is 4.90 Å². The molecule has 3 rings (SSSR count). The lowest BCUT2D eigenvalue weighted by molar-refractivity contribution is 0.108. The molecule has 2 heterocycles. The minimum absolute atomic E-state index is 0.448. The lowest BCUT2D eigenvalue weighted by Gasteiger charge is -2.14. The molecular formula is C17H26N4O. The highest BCUT2D eigenvalue weighted by Gasteiger charge is 2.21. The summed E-state index contributed by atoms with van der Waals surface area (Å²) in [7, 11) is 2.12. The molecular weight excluding hydrogens is 276 g/mol. The van der Waals surface area contributed by atoms with E-state index in [0.717, 1.165) is 37.6 Å². The zero-order valence-electron chi connectivity index (χ0n) is 13.8. The fourth-order valence-corrected chi connectivity index (χ4v) is 3.23. The van der Waals surface area contributed by atoms with Crippen LogP contribution in [0.1, 0.15) is 36.7 Å². The van der Waals surface area contributed by atoms with Crippen LogP contribution in [0.3, 0.4) is 0 Å². The van der Waals surface area contributed by atoms with Crippen LogP contribution in [-0.4, -0.2) is 40.8 Å². The number of rotatable bonds is 6. The van der Waals surface area contributed by atoms with Crippen LogP contribution in [0.25, 0.3) is 11.0 Å². The Labute approximate surface area is 132 Å². The molecule has 0 fully saturated rings. The predicted octanol–water partition coefficient (Wildman–Crippen LogP) is 1.99. The van der Waals surface area contributed by atoms with Gasteiger partial charge in [0.05, 0.1) is 24.2 Å². The van der Waals surface area contributed by atoms with Crippen LogP contribution in [0.4, 0.5) is 0 Å². The first kappa shape index (κ1) is 15.5. The van der Waals surface area contributed by atoms with E-state index in [2.05, 4.69) is 42.5 Å². The van der Waals surface area contributed by atoms with Crippen molar-refractivity contribution in [2.45, 2.75) is 32.9 Å². The van der Waals surface area contributed by atoms with Gasteiger partial charge in [0.15, 0.2) is 0 Å². The average Bonchev–Trinajstić information content (AvgIpc) is 3.02. The van der Waals surface area contributed by atoms with E-state index >= 15 is 0 Å². The molecule has 0 bridgehead atoms. The zero-order valence-corrected chi connectivity index (χ0v) is 13.8. The Morgan fingerprint density at radius 1 is 1.23 bits per heavy atom. The van der Waals surface area contributed by atoms with Crippen LogP contribution in [-0.2, 0) is 24.9 Å². The summed E-state index contributed by atoms with van der Waals surface area (Å²) < 4.78 is 7.71. The van der Waals surface area contributed by atoms with Gasteiger partial charge < -0.3 is 15.0 Å². The molecule has 2 aromatic rings. The molecule has 22 heavy (non-hydrogen) atoms. The highest BCUT2D eigenvalue weighted by Crippen LogP contribution is 2.29. The largest absolute Gasteiger partial charge is 0.379 e. The number of hydrogen-bond acceptors (Lipinski definition) is 4. The third-order valence-corrected chi connectivity index (χ3v) is 4.36. The molecule has 0 saturated carbocycles. The molecule has 0 spiro atoms. The van der Waals surface area contributed by atoms with Gasteiger partial charge in [-0.15, -0.1) is 0 Å². The molecule has 1 aliphatic heterocycles. The summed E-state index contributed by atoms with van der Waals surface area (Å²) in [4.78, 5) is 7.23. The van der Waals surface area contributed by atoms with Gasteiger partial charge in [-0.1, -0.05) is 13.8 Å². The van der Waals surface area contributed by atoms with Crippen LogP contribution >= 0.6 is 0 Å². The van der Waals surface area contributed by atoms with Crippen LogP contribution < -0.4 is 5.73 Å². The van der Waals surface area contributed by atoms with Crippen LogP contribution in [0, 0.1) is 0 Å². The second-order valence-corrected chi connectivity index (χ2v) is 6.41. The number of imidazole rings is 1. The smallest absolute Gasteiger partial charge is 0.112 e. The molecule has 1 aliphatic rings. The summed E-state index contributed by atoms with van der Waals surface area (Å²) in [5.41, 5.74) is 10.6. The third-order valence-electron chi connectivity index (χ3n) is 4.36. The number of aryl methyl sites for hydroxylation is 1. The average molecular weight is 302 g/mol. The quantitative estimate of drug-likeness (QED) is 0.829. The zero-order chi connectivity index (χ0) is 15.7. The fourth-order valence-electron chi connectivity index (χ4n) is 3.23. The van der Waals surface area contributed by atoms with Crippen LogP contribution in [0.2, 0.25) is 0 Å². The van der Waals surface area contributed by atoms with Crippen molar-refractivity contribution >= 4 is 11.0 Å². The first-order valence-corrected chi connectivity index (χ1v) is 8.08. The lowest BCUT2D eigenvalue weighted by atomic mass is 10.1. The highest BCUT2D eigenvalue weighted by atomic mass is 16.5. The molecule has 0 atom stereocenters. The van der Waals surface area contributed by atoms with E-state index in [1.165, 1.54) is 16.6 Å². The third kappa shape index (κ3) is 2.89. The molecule has 2 N–H and O–H groups in total. The second kappa shape index (κ2) is 6.36. The number of nitrogens with zero attached hydrogens (tertiary/aromatic N) is 3. The topological polar surface area (TPSA) is 56.3 Å². The first-order valence-electron chi connectivity index (χ1n) is 8.08. The van der Waals surface area contributed by atoms with Crippen molar-refractivity contribution in [1.29, 1.82) is 0 Å². The SMILES string of the molecule is CC(C)c1nc2cc3c(cc2n1C)CN(CCOCCN)C3. The van der Waals surface area contributed by atoms with Gasteiger partial charge in [-0.25, -0.2) is 4.98 Å². The molecule has 5 nitrogen and oxygen atoms in total. The maximum absolute atomic E-state index is 5.48.